The Bertz CT molecular complexity index is 779. The van der Waals surface area contributed by atoms with Crippen LogP contribution in [0.5, 0.6) is 0 Å². The first-order chi connectivity index (χ1) is 13.0. The van der Waals surface area contributed by atoms with E-state index < -0.39 is 17.5 Å². The molecule has 1 aliphatic rings. The van der Waals surface area contributed by atoms with Crippen LogP contribution in [0.1, 0.15) is 63.2 Å². The summed E-state index contributed by atoms with van der Waals surface area (Å²) in [6.45, 7) is 4.72. The van der Waals surface area contributed by atoms with E-state index in [0.29, 0.717) is 35.6 Å². The molecule has 2 atom stereocenters. The van der Waals surface area contributed by atoms with Crippen LogP contribution in [0.4, 0.5) is 13.2 Å². The van der Waals surface area contributed by atoms with E-state index >= 15 is 0 Å². The van der Waals surface area contributed by atoms with Crippen LogP contribution in [0.25, 0.3) is 11.1 Å². The van der Waals surface area contributed by atoms with Gasteiger partial charge in [-0.3, -0.25) is 0 Å². The summed E-state index contributed by atoms with van der Waals surface area (Å²) in [6.07, 6.45) is 5.02. The van der Waals surface area contributed by atoms with Crippen LogP contribution in [-0.4, -0.2) is 6.61 Å². The molecule has 0 aromatic heterocycles. The lowest BCUT2D eigenvalue weighted by molar-refractivity contribution is -0.0211. The highest BCUT2D eigenvalue weighted by molar-refractivity contribution is 5.65. The quantitative estimate of drug-likeness (QED) is 0.528. The fraction of sp³-hybridized carbons (Fsp3) is 0.478. The lowest BCUT2D eigenvalue weighted by atomic mass is 9.91. The molecular weight excluding hydrogens is 349 g/mol. The lowest BCUT2D eigenvalue weighted by Crippen LogP contribution is -2.21. The molecule has 0 bridgehead atoms. The summed E-state index contributed by atoms with van der Waals surface area (Å²) >= 11 is 0. The molecule has 4 heteroatoms. The highest BCUT2D eigenvalue weighted by atomic mass is 19.2. The highest BCUT2D eigenvalue weighted by Crippen LogP contribution is 2.35. The standard InChI is InChI=1S/C23H27F3O/c1-3-5-15-7-12-21(27-14-15)19-11-9-17(13-20(19)24)18-10-8-16(6-4-2)22(25)23(18)26/h8-11,13,15,21H,3-7,12,14H2,1-2H3. The van der Waals surface area contributed by atoms with Gasteiger partial charge in [0.05, 0.1) is 12.7 Å². The number of benzene rings is 2. The van der Waals surface area contributed by atoms with Gasteiger partial charge in [-0.05, 0) is 48.8 Å². The third kappa shape index (κ3) is 4.37. The summed E-state index contributed by atoms with van der Waals surface area (Å²) < 4.78 is 49.2. The van der Waals surface area contributed by atoms with E-state index in [1.165, 1.54) is 12.1 Å². The zero-order valence-corrected chi connectivity index (χ0v) is 16.0. The molecule has 0 amide bonds. The SMILES string of the molecule is CCCc1ccc(-c2ccc(C3CCC(CCC)CO3)c(F)c2)c(F)c1F. The molecule has 1 heterocycles. The molecule has 2 unspecified atom stereocenters. The second-order valence-electron chi connectivity index (χ2n) is 7.44. The molecule has 146 valence electrons. The Hall–Kier alpha value is -1.81. The molecule has 27 heavy (non-hydrogen) atoms. The van der Waals surface area contributed by atoms with E-state index in [1.54, 1.807) is 18.2 Å². The predicted octanol–water partition coefficient (Wildman–Crippen LogP) is 6.99. The maximum atomic E-state index is 14.7. The van der Waals surface area contributed by atoms with Gasteiger partial charge in [0.25, 0.3) is 0 Å². The Morgan fingerprint density at radius 2 is 1.78 bits per heavy atom. The van der Waals surface area contributed by atoms with Gasteiger partial charge in [-0.2, -0.15) is 0 Å². The first-order valence-corrected chi connectivity index (χ1v) is 9.93. The van der Waals surface area contributed by atoms with E-state index in [1.807, 2.05) is 6.92 Å². The molecule has 1 nitrogen and oxygen atoms in total. The van der Waals surface area contributed by atoms with Crippen LogP contribution in [0.3, 0.4) is 0 Å². The fourth-order valence-corrected chi connectivity index (χ4v) is 3.92. The number of halogens is 3. The summed E-state index contributed by atoms with van der Waals surface area (Å²) in [4.78, 5) is 0. The molecule has 0 aliphatic carbocycles. The normalized spacial score (nSPS) is 20.0. The molecule has 0 radical (unpaired) electrons. The number of ether oxygens (including phenoxy) is 1. The summed E-state index contributed by atoms with van der Waals surface area (Å²) in [6, 6.07) is 7.70. The molecular formula is C23H27F3O. The molecule has 0 saturated carbocycles. The number of rotatable bonds is 6. The minimum atomic E-state index is -0.913. The molecule has 2 aromatic carbocycles. The molecule has 2 aromatic rings. The number of hydrogen-bond acceptors (Lipinski definition) is 1. The number of aryl methyl sites for hydroxylation is 1. The van der Waals surface area contributed by atoms with Gasteiger partial charge in [0.2, 0.25) is 0 Å². The average molecular weight is 376 g/mol. The van der Waals surface area contributed by atoms with Crippen LogP contribution >= 0.6 is 0 Å². The van der Waals surface area contributed by atoms with Crippen molar-refractivity contribution in [1.29, 1.82) is 0 Å². The third-order valence-corrected chi connectivity index (χ3v) is 5.41. The van der Waals surface area contributed by atoms with Crippen LogP contribution in [0, 0.1) is 23.4 Å². The molecule has 1 fully saturated rings. The zero-order valence-electron chi connectivity index (χ0n) is 16.0. The Morgan fingerprint density at radius 1 is 0.963 bits per heavy atom. The molecule has 3 rings (SSSR count). The van der Waals surface area contributed by atoms with Crippen molar-refractivity contribution in [1.82, 2.24) is 0 Å². The van der Waals surface area contributed by atoms with Gasteiger partial charge in [-0.15, -0.1) is 0 Å². The zero-order chi connectivity index (χ0) is 19.4. The van der Waals surface area contributed by atoms with Crippen LogP contribution < -0.4 is 0 Å². The van der Waals surface area contributed by atoms with Crippen molar-refractivity contribution < 1.29 is 17.9 Å². The van der Waals surface area contributed by atoms with Crippen molar-refractivity contribution in [3.05, 3.63) is 58.9 Å². The van der Waals surface area contributed by atoms with E-state index in [-0.39, 0.29) is 11.7 Å². The van der Waals surface area contributed by atoms with E-state index in [2.05, 4.69) is 6.92 Å². The summed E-state index contributed by atoms with van der Waals surface area (Å²) in [5, 5.41) is 0. The van der Waals surface area contributed by atoms with Crippen molar-refractivity contribution in [2.75, 3.05) is 6.61 Å². The Morgan fingerprint density at radius 3 is 2.41 bits per heavy atom. The van der Waals surface area contributed by atoms with Crippen molar-refractivity contribution in [2.24, 2.45) is 5.92 Å². The Labute approximate surface area is 159 Å². The Kier molecular flexibility index (Phi) is 6.59. The largest absolute Gasteiger partial charge is 0.373 e. The Balaban J connectivity index is 1.80. The second kappa shape index (κ2) is 8.92. The van der Waals surface area contributed by atoms with E-state index in [4.69, 9.17) is 4.74 Å². The predicted molar refractivity (Wildman–Crippen MR) is 102 cm³/mol. The highest BCUT2D eigenvalue weighted by Gasteiger charge is 2.25. The van der Waals surface area contributed by atoms with Gasteiger partial charge in [0, 0.05) is 11.1 Å². The molecule has 1 aliphatic heterocycles. The first-order valence-electron chi connectivity index (χ1n) is 9.93. The van der Waals surface area contributed by atoms with Gasteiger partial charge in [-0.1, -0.05) is 51.0 Å². The third-order valence-electron chi connectivity index (χ3n) is 5.41. The fourth-order valence-electron chi connectivity index (χ4n) is 3.92. The van der Waals surface area contributed by atoms with E-state index in [0.717, 1.165) is 32.1 Å². The molecule has 0 spiro atoms. The van der Waals surface area contributed by atoms with Crippen LogP contribution in [0.15, 0.2) is 30.3 Å². The van der Waals surface area contributed by atoms with Crippen LogP contribution in [0.2, 0.25) is 0 Å². The molecule has 1 saturated heterocycles. The minimum Gasteiger partial charge on any atom is -0.373 e. The van der Waals surface area contributed by atoms with E-state index in [9.17, 15) is 13.2 Å². The summed E-state index contributed by atoms with van der Waals surface area (Å²) in [5.41, 5.74) is 1.28. The van der Waals surface area contributed by atoms with Crippen molar-refractivity contribution in [2.45, 2.75) is 58.5 Å². The van der Waals surface area contributed by atoms with Crippen molar-refractivity contribution in [3.8, 4) is 11.1 Å². The topological polar surface area (TPSA) is 9.23 Å². The van der Waals surface area contributed by atoms with Gasteiger partial charge in [0.1, 0.15) is 5.82 Å². The minimum absolute atomic E-state index is 0.0883. The van der Waals surface area contributed by atoms with Gasteiger partial charge >= 0.3 is 0 Å². The summed E-state index contributed by atoms with van der Waals surface area (Å²) in [7, 11) is 0. The number of hydrogen-bond donors (Lipinski definition) is 0. The lowest BCUT2D eigenvalue weighted by Gasteiger charge is -2.29. The molecule has 0 N–H and O–H groups in total. The van der Waals surface area contributed by atoms with Crippen molar-refractivity contribution >= 4 is 0 Å². The maximum absolute atomic E-state index is 14.7. The second-order valence-corrected chi connectivity index (χ2v) is 7.44. The average Bonchev–Trinajstić information content (AvgIpc) is 2.67. The van der Waals surface area contributed by atoms with Crippen LogP contribution in [-0.2, 0) is 11.2 Å². The smallest absolute Gasteiger partial charge is 0.166 e. The first kappa shape index (κ1) is 19.9. The van der Waals surface area contributed by atoms with Crippen molar-refractivity contribution in [3.63, 3.8) is 0 Å². The monoisotopic (exact) mass is 376 g/mol. The van der Waals surface area contributed by atoms with Gasteiger partial charge < -0.3 is 4.74 Å². The van der Waals surface area contributed by atoms with Gasteiger partial charge in [-0.25, -0.2) is 13.2 Å². The summed E-state index contributed by atoms with van der Waals surface area (Å²) in [5.74, 6) is -1.63. The van der Waals surface area contributed by atoms with Gasteiger partial charge in [0.15, 0.2) is 11.6 Å². The maximum Gasteiger partial charge on any atom is 0.166 e.